The molecule has 1 aliphatic rings. The van der Waals surface area contributed by atoms with Crippen molar-refractivity contribution in [3.8, 4) is 5.75 Å². The molecule has 0 N–H and O–H groups in total. The summed E-state index contributed by atoms with van der Waals surface area (Å²) in [5, 5.41) is 0.418. The van der Waals surface area contributed by atoms with Crippen LogP contribution in [0.2, 0.25) is 5.02 Å². The predicted octanol–water partition coefficient (Wildman–Crippen LogP) is 6.54. The first kappa shape index (κ1) is 29.7. The molecule has 41 heavy (non-hydrogen) atoms. The standard InChI is InChI=1S/C30H22BrClFIN2O4S/c1-3-39-29(38)25-16(2)35-30-36(26(25)21-6-4-5-7-22(21)32)28(37)24(41-30)13-18-12-19(31)14-23(34)27(18)40-15-17-8-10-20(33)11-9-17/h4-14,26H,3,15H2,1-2H3/b24-13-/t26-/m0/s1. The number of hydrogen-bond donors (Lipinski definition) is 0. The maximum absolute atomic E-state index is 14.0. The Hall–Kier alpha value is -2.80. The van der Waals surface area contributed by atoms with Gasteiger partial charge >= 0.3 is 5.97 Å². The van der Waals surface area contributed by atoms with Crippen molar-refractivity contribution in [2.75, 3.05) is 6.61 Å². The number of benzene rings is 3. The first-order chi connectivity index (χ1) is 19.7. The van der Waals surface area contributed by atoms with Crippen LogP contribution < -0.4 is 19.6 Å². The molecule has 0 saturated heterocycles. The third-order valence-corrected chi connectivity index (χ3v) is 8.92. The first-order valence-corrected chi connectivity index (χ1v) is 15.5. The van der Waals surface area contributed by atoms with Crippen LogP contribution in [-0.4, -0.2) is 17.1 Å². The Morgan fingerprint density at radius 2 is 1.95 bits per heavy atom. The molecule has 0 aliphatic carbocycles. The minimum atomic E-state index is -0.807. The maximum atomic E-state index is 14.0. The molecule has 1 aliphatic heterocycles. The summed E-state index contributed by atoms with van der Waals surface area (Å²) >= 11 is 13.5. The first-order valence-electron chi connectivity index (χ1n) is 12.5. The molecule has 5 rings (SSSR count). The lowest BCUT2D eigenvalue weighted by atomic mass is 9.96. The Morgan fingerprint density at radius 3 is 2.66 bits per heavy atom. The molecule has 0 amide bonds. The van der Waals surface area contributed by atoms with Crippen molar-refractivity contribution in [2.45, 2.75) is 26.5 Å². The SMILES string of the molecule is CCOC(=O)C1=C(C)N=c2s/c(=C\c3cc(Br)cc(I)c3OCc3ccc(F)cc3)c(=O)n2[C@H]1c1ccccc1Cl. The minimum Gasteiger partial charge on any atom is -0.487 e. The zero-order valence-corrected chi connectivity index (χ0v) is 27.1. The predicted molar refractivity (Wildman–Crippen MR) is 169 cm³/mol. The molecule has 2 heterocycles. The molecule has 0 radical (unpaired) electrons. The fourth-order valence-corrected chi connectivity index (χ4v) is 7.48. The van der Waals surface area contributed by atoms with Crippen LogP contribution in [0.4, 0.5) is 4.39 Å². The van der Waals surface area contributed by atoms with Gasteiger partial charge in [0.2, 0.25) is 0 Å². The van der Waals surface area contributed by atoms with E-state index >= 15 is 0 Å². The monoisotopic (exact) mass is 766 g/mol. The van der Waals surface area contributed by atoms with E-state index in [-0.39, 0.29) is 30.2 Å². The van der Waals surface area contributed by atoms with Crippen molar-refractivity contribution >= 4 is 73.5 Å². The number of ether oxygens (including phenoxy) is 2. The van der Waals surface area contributed by atoms with Gasteiger partial charge in [0.15, 0.2) is 4.80 Å². The molecule has 0 spiro atoms. The van der Waals surface area contributed by atoms with E-state index in [0.717, 1.165) is 13.6 Å². The van der Waals surface area contributed by atoms with Gasteiger partial charge in [-0.05, 0) is 84.0 Å². The Balaban J connectivity index is 1.65. The molecule has 0 unspecified atom stereocenters. The van der Waals surface area contributed by atoms with E-state index in [0.29, 0.717) is 36.9 Å². The number of carbonyl (C=O) groups excluding carboxylic acids is 1. The summed E-state index contributed by atoms with van der Waals surface area (Å²) in [5.41, 5.74) is 2.47. The van der Waals surface area contributed by atoms with E-state index in [1.165, 1.54) is 28.0 Å². The average Bonchev–Trinajstić information content (AvgIpc) is 3.23. The Morgan fingerprint density at radius 1 is 1.22 bits per heavy atom. The largest absolute Gasteiger partial charge is 0.487 e. The van der Waals surface area contributed by atoms with Crippen molar-refractivity contribution in [3.05, 3.63) is 127 Å². The second kappa shape index (κ2) is 12.6. The van der Waals surface area contributed by atoms with Gasteiger partial charge in [-0.1, -0.05) is 69.2 Å². The van der Waals surface area contributed by atoms with Crippen molar-refractivity contribution in [2.24, 2.45) is 4.99 Å². The van der Waals surface area contributed by atoms with Gasteiger partial charge in [0, 0.05) is 15.1 Å². The summed E-state index contributed by atoms with van der Waals surface area (Å²) in [6, 6.07) is 16.2. The summed E-state index contributed by atoms with van der Waals surface area (Å²) in [5.74, 6) is -0.291. The van der Waals surface area contributed by atoms with Crippen LogP contribution in [0.1, 0.15) is 36.6 Å². The van der Waals surface area contributed by atoms with Crippen LogP contribution in [0.5, 0.6) is 5.75 Å². The normalized spacial score (nSPS) is 15.0. The highest BCUT2D eigenvalue weighted by Crippen LogP contribution is 2.35. The molecule has 3 aromatic carbocycles. The summed E-state index contributed by atoms with van der Waals surface area (Å²) in [6.07, 6.45) is 1.75. The smallest absolute Gasteiger partial charge is 0.338 e. The highest BCUT2D eigenvalue weighted by molar-refractivity contribution is 14.1. The molecule has 11 heteroatoms. The Labute approximate surface area is 266 Å². The van der Waals surface area contributed by atoms with Crippen LogP contribution in [-0.2, 0) is 16.1 Å². The molecule has 1 aromatic heterocycles. The second-order valence-electron chi connectivity index (χ2n) is 9.04. The van der Waals surface area contributed by atoms with Gasteiger partial charge in [0.05, 0.1) is 26.0 Å². The number of thiazole rings is 1. The van der Waals surface area contributed by atoms with Crippen molar-refractivity contribution < 1.29 is 18.7 Å². The number of allylic oxidation sites excluding steroid dienone is 1. The van der Waals surface area contributed by atoms with E-state index in [2.05, 4.69) is 43.5 Å². The fourth-order valence-electron chi connectivity index (χ4n) is 4.50. The van der Waals surface area contributed by atoms with Crippen LogP contribution in [0.15, 0.2) is 86.2 Å². The van der Waals surface area contributed by atoms with Crippen LogP contribution in [0, 0.1) is 9.39 Å². The number of nitrogens with zero attached hydrogens (tertiary/aromatic N) is 2. The zero-order valence-electron chi connectivity index (χ0n) is 21.8. The van der Waals surface area contributed by atoms with Gasteiger partial charge in [-0.15, -0.1) is 0 Å². The molecule has 210 valence electrons. The molecule has 6 nitrogen and oxygen atoms in total. The fraction of sp³-hybridized carbons (Fsp3) is 0.167. The van der Waals surface area contributed by atoms with Crippen LogP contribution in [0.3, 0.4) is 0 Å². The van der Waals surface area contributed by atoms with Gasteiger partial charge in [0.1, 0.15) is 24.2 Å². The van der Waals surface area contributed by atoms with Crippen LogP contribution >= 0.6 is 61.5 Å². The Bertz CT molecular complexity index is 1870. The van der Waals surface area contributed by atoms with Crippen molar-refractivity contribution in [1.29, 1.82) is 0 Å². The summed E-state index contributed by atoms with van der Waals surface area (Å²) in [7, 11) is 0. The van der Waals surface area contributed by atoms with Gasteiger partial charge < -0.3 is 9.47 Å². The second-order valence-corrected chi connectivity index (χ2v) is 12.5. The van der Waals surface area contributed by atoms with Gasteiger partial charge in [-0.25, -0.2) is 14.2 Å². The molecule has 4 aromatic rings. The molecule has 0 bridgehead atoms. The number of esters is 1. The molecule has 1 atom stereocenters. The van der Waals surface area contributed by atoms with Crippen molar-refractivity contribution in [3.63, 3.8) is 0 Å². The lowest BCUT2D eigenvalue weighted by molar-refractivity contribution is -0.139. The quantitative estimate of drug-likeness (QED) is 0.158. The van der Waals surface area contributed by atoms with Crippen LogP contribution in [0.25, 0.3) is 6.08 Å². The summed E-state index contributed by atoms with van der Waals surface area (Å²) < 4.78 is 28.4. The number of halogens is 4. The number of carbonyl (C=O) groups is 1. The third-order valence-electron chi connectivity index (χ3n) is 6.34. The maximum Gasteiger partial charge on any atom is 0.338 e. The molecular weight excluding hydrogens is 746 g/mol. The highest BCUT2D eigenvalue weighted by Gasteiger charge is 2.34. The number of rotatable bonds is 7. The van der Waals surface area contributed by atoms with Gasteiger partial charge in [0.25, 0.3) is 5.56 Å². The van der Waals surface area contributed by atoms with E-state index in [4.69, 9.17) is 21.1 Å². The minimum absolute atomic E-state index is 0.178. The number of hydrogen-bond acceptors (Lipinski definition) is 6. The molecular formula is C30H22BrClFIN2O4S. The van der Waals surface area contributed by atoms with E-state index in [9.17, 15) is 14.0 Å². The number of aromatic nitrogens is 1. The summed E-state index contributed by atoms with van der Waals surface area (Å²) in [6.45, 7) is 3.85. The topological polar surface area (TPSA) is 69.9 Å². The third kappa shape index (κ3) is 6.20. The lowest BCUT2D eigenvalue weighted by Crippen LogP contribution is -2.40. The van der Waals surface area contributed by atoms with E-state index in [1.54, 1.807) is 50.3 Å². The average molecular weight is 768 g/mol. The summed E-state index contributed by atoms with van der Waals surface area (Å²) in [4.78, 5) is 32.2. The van der Waals surface area contributed by atoms with E-state index < -0.39 is 12.0 Å². The number of fused-ring (bicyclic) bond motifs is 1. The van der Waals surface area contributed by atoms with Gasteiger partial charge in [-0.3, -0.25) is 9.36 Å². The van der Waals surface area contributed by atoms with Gasteiger partial charge in [-0.2, -0.15) is 0 Å². The zero-order chi connectivity index (χ0) is 29.3. The molecule has 0 saturated carbocycles. The lowest BCUT2D eigenvalue weighted by Gasteiger charge is -2.25. The molecule has 0 fully saturated rings. The van der Waals surface area contributed by atoms with E-state index in [1.807, 2.05) is 18.2 Å². The highest BCUT2D eigenvalue weighted by atomic mass is 127. The van der Waals surface area contributed by atoms with Crippen molar-refractivity contribution in [1.82, 2.24) is 4.57 Å². The Kier molecular flexibility index (Phi) is 9.12.